The van der Waals surface area contributed by atoms with E-state index in [0.717, 1.165) is 6.42 Å². The van der Waals surface area contributed by atoms with Crippen molar-refractivity contribution in [3.8, 4) is 0 Å². The molecule has 7 heteroatoms. The summed E-state index contributed by atoms with van der Waals surface area (Å²) in [5.74, 6) is -0.328. The molecule has 0 heterocycles. The van der Waals surface area contributed by atoms with Crippen molar-refractivity contribution in [1.29, 1.82) is 0 Å². The van der Waals surface area contributed by atoms with Crippen LogP contribution in [0.25, 0.3) is 0 Å². The third kappa shape index (κ3) is 6.18. The van der Waals surface area contributed by atoms with E-state index in [1.807, 2.05) is 19.0 Å². The van der Waals surface area contributed by atoms with E-state index in [4.69, 9.17) is 0 Å². The van der Waals surface area contributed by atoms with Crippen LogP contribution in [0.4, 0.5) is 13.2 Å². The molecule has 19 heavy (non-hydrogen) atoms. The Hall–Kier alpha value is -0.210. The number of guanidine groups is 1. The Bertz CT molecular complexity index is 292. The minimum atomic E-state index is -4.04. The topological polar surface area (TPSA) is 27.6 Å². The molecule has 1 rings (SSSR count). The van der Waals surface area contributed by atoms with Crippen molar-refractivity contribution in [1.82, 2.24) is 10.2 Å². The molecule has 0 radical (unpaired) electrons. The van der Waals surface area contributed by atoms with Crippen LogP contribution < -0.4 is 5.32 Å². The van der Waals surface area contributed by atoms with Crippen LogP contribution in [0.2, 0.25) is 0 Å². The highest BCUT2D eigenvalue weighted by Crippen LogP contribution is 2.39. The maximum atomic E-state index is 12.7. The van der Waals surface area contributed by atoms with Gasteiger partial charge >= 0.3 is 6.18 Å². The molecule has 0 aliphatic heterocycles. The smallest absolute Gasteiger partial charge is 0.356 e. The molecule has 2 atom stereocenters. The van der Waals surface area contributed by atoms with Crippen LogP contribution in [0.1, 0.15) is 25.7 Å². The molecule has 0 saturated heterocycles. The lowest BCUT2D eigenvalue weighted by Gasteiger charge is -2.31. The molecule has 1 fully saturated rings. The Morgan fingerprint density at radius 3 is 2.42 bits per heavy atom. The van der Waals surface area contributed by atoms with Crippen LogP contribution in [0.15, 0.2) is 4.99 Å². The van der Waals surface area contributed by atoms with Gasteiger partial charge in [-0.1, -0.05) is 6.42 Å². The van der Waals surface area contributed by atoms with E-state index in [2.05, 4.69) is 10.3 Å². The maximum Gasteiger partial charge on any atom is 0.391 e. The van der Waals surface area contributed by atoms with Gasteiger partial charge in [0.1, 0.15) is 0 Å². The second kappa shape index (κ2) is 8.16. The number of halogens is 4. The Balaban J connectivity index is 0.00000324. The summed E-state index contributed by atoms with van der Waals surface area (Å²) in [5.41, 5.74) is 0. The molecule has 1 saturated carbocycles. The first-order valence-electron chi connectivity index (χ1n) is 6.29. The van der Waals surface area contributed by atoms with E-state index in [1.165, 1.54) is 0 Å². The molecule has 3 nitrogen and oxygen atoms in total. The summed E-state index contributed by atoms with van der Waals surface area (Å²) in [5, 5.41) is 3.12. The first kappa shape index (κ1) is 18.8. The molecule has 0 aromatic heterocycles. The molecule has 0 aromatic rings. The Morgan fingerprint density at radius 1 is 1.32 bits per heavy atom. The van der Waals surface area contributed by atoms with Gasteiger partial charge in [-0.25, -0.2) is 0 Å². The summed E-state index contributed by atoms with van der Waals surface area (Å²) in [6.07, 6.45) is -1.99. The fraction of sp³-hybridized carbons (Fsp3) is 0.917. The SMILES string of the molecule is CN=C(NCC1CCCC(C(F)(F)F)C1)N(C)C.I. The lowest BCUT2D eigenvalue weighted by molar-refractivity contribution is -0.185. The van der Waals surface area contributed by atoms with E-state index in [-0.39, 0.29) is 42.7 Å². The van der Waals surface area contributed by atoms with Crippen LogP contribution in [0.5, 0.6) is 0 Å². The summed E-state index contributed by atoms with van der Waals surface area (Å²) in [6, 6.07) is 0. The molecular weight excluding hydrogens is 370 g/mol. The van der Waals surface area contributed by atoms with Gasteiger partial charge in [-0.2, -0.15) is 13.2 Å². The zero-order chi connectivity index (χ0) is 13.8. The lowest BCUT2D eigenvalue weighted by Crippen LogP contribution is -2.40. The third-order valence-electron chi connectivity index (χ3n) is 3.43. The first-order valence-corrected chi connectivity index (χ1v) is 6.29. The van der Waals surface area contributed by atoms with Crippen molar-refractivity contribution in [2.75, 3.05) is 27.7 Å². The fourth-order valence-electron chi connectivity index (χ4n) is 2.45. The molecule has 1 N–H and O–H groups in total. The van der Waals surface area contributed by atoms with Gasteiger partial charge in [0, 0.05) is 27.7 Å². The zero-order valence-electron chi connectivity index (χ0n) is 11.6. The van der Waals surface area contributed by atoms with Crippen molar-refractivity contribution < 1.29 is 13.2 Å². The number of hydrogen-bond acceptors (Lipinski definition) is 1. The normalized spacial score (nSPS) is 24.6. The second-order valence-electron chi connectivity index (χ2n) is 5.09. The number of nitrogens with zero attached hydrogens (tertiary/aromatic N) is 2. The highest BCUT2D eigenvalue weighted by atomic mass is 127. The summed E-state index contributed by atoms with van der Waals surface area (Å²) < 4.78 is 38.0. The third-order valence-corrected chi connectivity index (χ3v) is 3.43. The standard InChI is InChI=1S/C12H22F3N3.HI/c1-16-11(18(2)3)17-8-9-5-4-6-10(7-9)12(13,14)15;/h9-10H,4-8H2,1-3H3,(H,16,17);1H. The largest absolute Gasteiger partial charge is 0.391 e. The Kier molecular flexibility index (Phi) is 8.07. The minimum absolute atomic E-state index is 0. The van der Waals surface area contributed by atoms with E-state index in [0.29, 0.717) is 18.9 Å². The molecule has 0 amide bonds. The number of nitrogens with one attached hydrogen (secondary N) is 1. The molecule has 1 aliphatic carbocycles. The van der Waals surface area contributed by atoms with E-state index < -0.39 is 12.1 Å². The number of hydrogen-bond donors (Lipinski definition) is 1. The summed E-state index contributed by atoms with van der Waals surface area (Å²) in [7, 11) is 5.38. The Morgan fingerprint density at radius 2 is 1.95 bits per heavy atom. The molecule has 0 spiro atoms. The fourth-order valence-corrected chi connectivity index (χ4v) is 2.45. The van der Waals surface area contributed by atoms with Gasteiger partial charge in [0.15, 0.2) is 5.96 Å². The Labute approximate surface area is 130 Å². The maximum absolute atomic E-state index is 12.7. The quantitative estimate of drug-likeness (QED) is 0.444. The summed E-state index contributed by atoms with van der Waals surface area (Å²) in [4.78, 5) is 5.87. The highest BCUT2D eigenvalue weighted by molar-refractivity contribution is 14.0. The average molecular weight is 393 g/mol. The number of alkyl halides is 3. The van der Waals surface area contributed by atoms with Gasteiger partial charge < -0.3 is 10.2 Å². The molecular formula is C12H23F3IN3. The van der Waals surface area contributed by atoms with Gasteiger partial charge in [0.05, 0.1) is 5.92 Å². The van der Waals surface area contributed by atoms with Crippen molar-refractivity contribution in [2.24, 2.45) is 16.8 Å². The average Bonchev–Trinajstić information content (AvgIpc) is 2.28. The minimum Gasteiger partial charge on any atom is -0.356 e. The second-order valence-corrected chi connectivity index (χ2v) is 5.09. The predicted octanol–water partition coefficient (Wildman–Crippen LogP) is 3.11. The number of aliphatic imine (C=N–C) groups is 1. The van der Waals surface area contributed by atoms with Gasteiger partial charge in [-0.3, -0.25) is 4.99 Å². The van der Waals surface area contributed by atoms with E-state index >= 15 is 0 Å². The van der Waals surface area contributed by atoms with Gasteiger partial charge in [-0.15, -0.1) is 24.0 Å². The van der Waals surface area contributed by atoms with Crippen molar-refractivity contribution in [2.45, 2.75) is 31.9 Å². The van der Waals surface area contributed by atoms with E-state index in [1.54, 1.807) is 7.05 Å². The molecule has 114 valence electrons. The highest BCUT2D eigenvalue weighted by Gasteiger charge is 2.41. The molecule has 2 unspecified atom stereocenters. The van der Waals surface area contributed by atoms with Crippen LogP contribution in [-0.4, -0.2) is 44.7 Å². The summed E-state index contributed by atoms with van der Waals surface area (Å²) in [6.45, 7) is 0.567. The number of rotatable bonds is 2. The van der Waals surface area contributed by atoms with Crippen LogP contribution in [0.3, 0.4) is 0 Å². The van der Waals surface area contributed by atoms with E-state index in [9.17, 15) is 13.2 Å². The molecule has 1 aliphatic rings. The monoisotopic (exact) mass is 393 g/mol. The molecule has 0 aromatic carbocycles. The molecule has 0 bridgehead atoms. The van der Waals surface area contributed by atoms with Crippen molar-refractivity contribution in [3.05, 3.63) is 0 Å². The van der Waals surface area contributed by atoms with Crippen molar-refractivity contribution in [3.63, 3.8) is 0 Å². The van der Waals surface area contributed by atoms with Crippen molar-refractivity contribution >= 4 is 29.9 Å². The zero-order valence-corrected chi connectivity index (χ0v) is 14.0. The first-order chi connectivity index (χ1) is 8.34. The van der Waals surface area contributed by atoms with Gasteiger partial charge in [-0.05, 0) is 25.2 Å². The van der Waals surface area contributed by atoms with Crippen LogP contribution >= 0.6 is 24.0 Å². The van der Waals surface area contributed by atoms with Gasteiger partial charge in [0.25, 0.3) is 0 Å². The lowest BCUT2D eigenvalue weighted by atomic mass is 9.81. The van der Waals surface area contributed by atoms with Crippen LogP contribution in [-0.2, 0) is 0 Å². The van der Waals surface area contributed by atoms with Gasteiger partial charge in [0.2, 0.25) is 0 Å². The van der Waals surface area contributed by atoms with Crippen LogP contribution in [0, 0.1) is 11.8 Å². The predicted molar refractivity (Wildman–Crippen MR) is 82.0 cm³/mol. The summed E-state index contributed by atoms with van der Waals surface area (Å²) >= 11 is 0.